The topological polar surface area (TPSA) is 101 Å². The Balaban J connectivity index is 2.99. The van der Waals surface area contributed by atoms with Crippen LogP contribution in [-0.4, -0.2) is 34.5 Å². The van der Waals surface area contributed by atoms with E-state index < -0.39 is 15.8 Å². The molecule has 0 saturated heterocycles. The first-order valence-electron chi connectivity index (χ1n) is 6.09. The van der Waals surface area contributed by atoms with E-state index in [-0.39, 0.29) is 35.9 Å². The summed E-state index contributed by atoms with van der Waals surface area (Å²) >= 11 is 0. The first-order valence-corrected chi connectivity index (χ1v) is 7.57. The van der Waals surface area contributed by atoms with Crippen molar-refractivity contribution in [2.24, 2.45) is 5.73 Å². The van der Waals surface area contributed by atoms with Crippen LogP contribution in [-0.2, 0) is 14.8 Å². The number of nitrogens with two attached hydrogens (primary N) is 1. The highest BCUT2D eigenvalue weighted by Gasteiger charge is 2.18. The van der Waals surface area contributed by atoms with Gasteiger partial charge in [0.25, 0.3) is 0 Å². The summed E-state index contributed by atoms with van der Waals surface area (Å²) in [6, 6.07) is 3.18. The lowest BCUT2D eigenvalue weighted by molar-refractivity contribution is -0.120. The van der Waals surface area contributed by atoms with Crippen molar-refractivity contribution in [3.63, 3.8) is 0 Å². The van der Waals surface area contributed by atoms with Gasteiger partial charge in [-0.05, 0) is 18.2 Å². The lowest BCUT2D eigenvalue weighted by atomic mass is 10.2. The second-order valence-electron chi connectivity index (χ2n) is 3.97. The Morgan fingerprint density at radius 2 is 2.14 bits per heavy atom. The van der Waals surface area contributed by atoms with E-state index in [0.29, 0.717) is 0 Å². The molecule has 1 aromatic rings. The Bertz CT molecular complexity index is 678. The third kappa shape index (κ3) is 5.15. The molecule has 0 saturated carbocycles. The molecule has 1 amide bonds. The van der Waals surface area contributed by atoms with Gasteiger partial charge in [0.1, 0.15) is 5.82 Å². The van der Waals surface area contributed by atoms with Gasteiger partial charge in [0.05, 0.1) is 11.4 Å². The molecule has 0 aliphatic heterocycles. The van der Waals surface area contributed by atoms with Crippen LogP contribution in [0.2, 0.25) is 0 Å². The summed E-state index contributed by atoms with van der Waals surface area (Å²) in [6.07, 6.45) is 0.000731. The Morgan fingerprint density at radius 1 is 1.43 bits per heavy atom. The molecule has 21 heavy (non-hydrogen) atoms. The van der Waals surface area contributed by atoms with Crippen LogP contribution in [0.1, 0.15) is 12.0 Å². The predicted molar refractivity (Wildman–Crippen MR) is 76.2 cm³/mol. The molecule has 8 heteroatoms. The van der Waals surface area contributed by atoms with Gasteiger partial charge in [-0.25, -0.2) is 17.5 Å². The van der Waals surface area contributed by atoms with E-state index in [4.69, 9.17) is 5.73 Å². The number of nitrogens with one attached hydrogen (secondary N) is 2. The van der Waals surface area contributed by atoms with Crippen LogP contribution in [0.4, 0.5) is 4.39 Å². The van der Waals surface area contributed by atoms with Crippen molar-refractivity contribution < 1.29 is 17.6 Å². The van der Waals surface area contributed by atoms with Gasteiger partial charge in [-0.1, -0.05) is 11.8 Å². The van der Waals surface area contributed by atoms with Gasteiger partial charge < -0.3 is 11.1 Å². The number of hydrogen-bond acceptors (Lipinski definition) is 4. The summed E-state index contributed by atoms with van der Waals surface area (Å²) in [6.45, 7) is -0.0385. The molecule has 0 fully saturated rings. The molecule has 0 unspecified atom stereocenters. The number of carbonyl (C=O) groups excluding carboxylic acids is 1. The maximum atomic E-state index is 13.2. The molecule has 0 spiro atoms. The van der Waals surface area contributed by atoms with E-state index in [0.717, 1.165) is 18.2 Å². The van der Waals surface area contributed by atoms with E-state index in [1.54, 1.807) is 0 Å². The Morgan fingerprint density at radius 3 is 2.76 bits per heavy atom. The smallest absolute Gasteiger partial charge is 0.241 e. The summed E-state index contributed by atoms with van der Waals surface area (Å²) in [5.74, 6) is 4.11. The minimum atomic E-state index is -3.88. The summed E-state index contributed by atoms with van der Waals surface area (Å²) in [7, 11) is -2.43. The van der Waals surface area contributed by atoms with Crippen LogP contribution in [0.25, 0.3) is 0 Å². The zero-order chi connectivity index (χ0) is 15.9. The first kappa shape index (κ1) is 17.1. The fourth-order valence-electron chi connectivity index (χ4n) is 1.48. The third-order valence-electron chi connectivity index (χ3n) is 2.48. The van der Waals surface area contributed by atoms with Crippen molar-refractivity contribution in [2.45, 2.75) is 11.3 Å². The van der Waals surface area contributed by atoms with Crippen molar-refractivity contribution in [3.05, 3.63) is 29.6 Å². The SMILES string of the molecule is CNC(=O)CCNS(=O)(=O)c1ccc(F)cc1C#CCN. The molecule has 0 heterocycles. The minimum Gasteiger partial charge on any atom is -0.359 e. The molecule has 0 aliphatic carbocycles. The highest BCUT2D eigenvalue weighted by Crippen LogP contribution is 2.16. The lowest BCUT2D eigenvalue weighted by Gasteiger charge is -2.08. The average Bonchev–Trinajstić information content (AvgIpc) is 2.44. The highest BCUT2D eigenvalue weighted by molar-refractivity contribution is 7.89. The second-order valence-corrected chi connectivity index (χ2v) is 5.70. The standard InChI is InChI=1S/C13H16FN3O3S/c1-16-13(18)6-8-17-21(19,20)12-5-4-11(14)9-10(12)3-2-7-15/h4-5,9,17H,6-8,15H2,1H3,(H,16,18). The molecule has 6 nitrogen and oxygen atoms in total. The van der Waals surface area contributed by atoms with E-state index in [1.807, 2.05) is 0 Å². The maximum Gasteiger partial charge on any atom is 0.241 e. The minimum absolute atomic E-state index is 0.000731. The normalized spacial score (nSPS) is 10.6. The molecule has 1 aromatic carbocycles. The van der Waals surface area contributed by atoms with Crippen LogP contribution in [0.3, 0.4) is 0 Å². The van der Waals surface area contributed by atoms with Crippen molar-refractivity contribution in [2.75, 3.05) is 20.1 Å². The highest BCUT2D eigenvalue weighted by atomic mass is 32.2. The first-order chi connectivity index (χ1) is 9.90. The molecule has 0 aromatic heterocycles. The molecule has 0 bridgehead atoms. The Labute approximate surface area is 123 Å². The van der Waals surface area contributed by atoms with E-state index >= 15 is 0 Å². The molecule has 0 atom stereocenters. The van der Waals surface area contributed by atoms with E-state index in [9.17, 15) is 17.6 Å². The van der Waals surface area contributed by atoms with Crippen molar-refractivity contribution >= 4 is 15.9 Å². The molecular formula is C13H16FN3O3S. The molecule has 114 valence electrons. The number of hydrogen-bond donors (Lipinski definition) is 3. The average molecular weight is 313 g/mol. The van der Waals surface area contributed by atoms with Gasteiger partial charge >= 0.3 is 0 Å². The maximum absolute atomic E-state index is 13.2. The van der Waals surface area contributed by atoms with Crippen molar-refractivity contribution in [1.29, 1.82) is 0 Å². The quantitative estimate of drug-likeness (QED) is 0.641. The summed E-state index contributed by atoms with van der Waals surface area (Å²) in [5.41, 5.74) is 5.25. The van der Waals surface area contributed by atoms with Gasteiger partial charge in [0.15, 0.2) is 0 Å². The van der Waals surface area contributed by atoms with Gasteiger partial charge in [-0.2, -0.15) is 0 Å². The number of sulfonamides is 1. The number of rotatable bonds is 5. The van der Waals surface area contributed by atoms with Gasteiger partial charge in [-0.15, -0.1) is 0 Å². The van der Waals surface area contributed by atoms with Gasteiger partial charge in [-0.3, -0.25) is 4.79 Å². The zero-order valence-corrected chi connectivity index (χ0v) is 12.3. The van der Waals surface area contributed by atoms with Crippen LogP contribution in [0.15, 0.2) is 23.1 Å². The van der Waals surface area contributed by atoms with Crippen molar-refractivity contribution in [3.8, 4) is 11.8 Å². The summed E-state index contributed by atoms with van der Waals surface area (Å²) in [5, 5.41) is 2.38. The van der Waals surface area contributed by atoms with Crippen molar-refractivity contribution in [1.82, 2.24) is 10.0 Å². The monoisotopic (exact) mass is 313 g/mol. The number of amides is 1. The van der Waals surface area contributed by atoms with Crippen LogP contribution < -0.4 is 15.8 Å². The fraction of sp³-hybridized carbons (Fsp3) is 0.308. The molecular weight excluding hydrogens is 297 g/mol. The van der Waals surface area contributed by atoms with E-state index in [2.05, 4.69) is 21.9 Å². The number of halogens is 1. The Kier molecular flexibility index (Phi) is 6.30. The molecule has 1 rings (SSSR count). The van der Waals surface area contributed by atoms with Gasteiger partial charge in [0.2, 0.25) is 15.9 Å². The molecule has 0 aliphatic rings. The number of carbonyl (C=O) groups is 1. The Hall–Kier alpha value is -1.95. The fourth-order valence-corrected chi connectivity index (χ4v) is 2.66. The second kappa shape index (κ2) is 7.73. The zero-order valence-electron chi connectivity index (χ0n) is 11.4. The third-order valence-corrected chi connectivity index (χ3v) is 4.00. The number of benzene rings is 1. The predicted octanol–water partition coefficient (Wildman–Crippen LogP) is -0.450. The van der Waals surface area contributed by atoms with Crippen LogP contribution >= 0.6 is 0 Å². The summed E-state index contributed by atoms with van der Waals surface area (Å²) < 4.78 is 39.7. The molecule has 4 N–H and O–H groups in total. The van der Waals surface area contributed by atoms with Gasteiger partial charge in [0, 0.05) is 25.6 Å². The largest absolute Gasteiger partial charge is 0.359 e. The van der Waals surface area contributed by atoms with Crippen LogP contribution in [0.5, 0.6) is 0 Å². The summed E-state index contributed by atoms with van der Waals surface area (Å²) in [4.78, 5) is 10.9. The lowest BCUT2D eigenvalue weighted by Crippen LogP contribution is -2.29. The molecule has 0 radical (unpaired) electrons. The van der Waals surface area contributed by atoms with Crippen LogP contribution in [0, 0.1) is 17.7 Å². The van der Waals surface area contributed by atoms with E-state index in [1.165, 1.54) is 7.05 Å².